The van der Waals surface area contributed by atoms with Crippen molar-refractivity contribution in [3.05, 3.63) is 88.1 Å². The van der Waals surface area contributed by atoms with Crippen LogP contribution < -0.4 is 0 Å². The summed E-state index contributed by atoms with van der Waals surface area (Å²) in [6.45, 7) is 10.3. The summed E-state index contributed by atoms with van der Waals surface area (Å²) < 4.78 is 5.76. The Morgan fingerprint density at radius 3 is 2.40 bits per heavy atom. The van der Waals surface area contributed by atoms with Crippen LogP contribution in [-0.2, 0) is 10.2 Å². The maximum absolute atomic E-state index is 14.5. The van der Waals surface area contributed by atoms with Crippen molar-refractivity contribution < 1.29 is 19.4 Å². The van der Waals surface area contributed by atoms with E-state index in [9.17, 15) is 14.7 Å². The van der Waals surface area contributed by atoms with E-state index in [-0.39, 0.29) is 29.6 Å². The second kappa shape index (κ2) is 10.6. The standard InChI is InChI=1S/C31H34N4O4S/c1-19(2)16-31(39-29(37)38)17-22(25-18-33-23-8-6-7-9-24(23)34-25)26(27-32-14-15-40-27)35(31)28(36)20-10-12-21(13-11-20)30(3,4)5/h6-15,18-19,22,26H,16-17H2,1-5H3,(H,37,38)/t22-,26-,31+/m1/s1. The molecule has 0 spiro atoms. The van der Waals surface area contributed by atoms with Crippen LogP contribution in [0, 0.1) is 5.92 Å². The number of rotatable bonds is 6. The molecule has 1 fully saturated rings. The lowest BCUT2D eigenvalue weighted by atomic mass is 9.86. The topological polar surface area (TPSA) is 106 Å². The number of fused-ring (bicyclic) bond motifs is 1. The van der Waals surface area contributed by atoms with Crippen molar-refractivity contribution in [2.45, 2.75) is 70.6 Å². The molecule has 0 saturated carbocycles. The van der Waals surface area contributed by atoms with Gasteiger partial charge in [0.05, 0.1) is 22.8 Å². The molecule has 1 aliphatic rings. The number of benzene rings is 2. The number of ether oxygens (including phenoxy) is 1. The molecule has 1 aliphatic heterocycles. The summed E-state index contributed by atoms with van der Waals surface area (Å²) in [6.07, 6.45) is 2.56. The molecule has 3 atom stereocenters. The zero-order valence-corrected chi connectivity index (χ0v) is 24.2. The molecule has 8 nitrogen and oxygen atoms in total. The van der Waals surface area contributed by atoms with Crippen molar-refractivity contribution in [1.82, 2.24) is 19.9 Å². The van der Waals surface area contributed by atoms with Crippen LogP contribution >= 0.6 is 11.3 Å². The van der Waals surface area contributed by atoms with Gasteiger partial charge in [0.25, 0.3) is 5.91 Å². The van der Waals surface area contributed by atoms with E-state index >= 15 is 0 Å². The van der Waals surface area contributed by atoms with Crippen LogP contribution in [0.4, 0.5) is 4.79 Å². The molecule has 3 heterocycles. The summed E-state index contributed by atoms with van der Waals surface area (Å²) in [7, 11) is 0. The highest BCUT2D eigenvalue weighted by atomic mass is 32.1. The van der Waals surface area contributed by atoms with Crippen molar-refractivity contribution in [3.8, 4) is 0 Å². The van der Waals surface area contributed by atoms with E-state index in [1.165, 1.54) is 11.3 Å². The second-order valence-electron chi connectivity index (χ2n) is 11.8. The van der Waals surface area contributed by atoms with Crippen LogP contribution in [0.1, 0.15) is 86.0 Å². The van der Waals surface area contributed by atoms with Crippen molar-refractivity contribution in [2.75, 3.05) is 0 Å². The number of thiazole rings is 1. The van der Waals surface area contributed by atoms with Crippen LogP contribution in [0.3, 0.4) is 0 Å². The van der Waals surface area contributed by atoms with Gasteiger partial charge in [0.2, 0.25) is 0 Å². The average molecular weight is 559 g/mol. The Bertz CT molecular complexity index is 1510. The third-order valence-corrected chi connectivity index (χ3v) is 8.26. The summed E-state index contributed by atoms with van der Waals surface area (Å²) in [5, 5.41) is 12.5. The molecule has 0 bridgehead atoms. The predicted octanol–water partition coefficient (Wildman–Crippen LogP) is 7.19. The molecule has 0 radical (unpaired) electrons. The Hall–Kier alpha value is -3.85. The van der Waals surface area contributed by atoms with Crippen LogP contribution in [0.5, 0.6) is 0 Å². The van der Waals surface area contributed by atoms with E-state index in [4.69, 9.17) is 9.72 Å². The largest absolute Gasteiger partial charge is 0.507 e. The molecular formula is C31H34N4O4S. The monoisotopic (exact) mass is 558 g/mol. The van der Waals surface area contributed by atoms with Gasteiger partial charge in [0.15, 0.2) is 5.72 Å². The molecule has 2 aromatic carbocycles. The quantitative estimate of drug-likeness (QED) is 0.250. The van der Waals surface area contributed by atoms with Gasteiger partial charge < -0.3 is 9.84 Å². The van der Waals surface area contributed by atoms with E-state index in [2.05, 4.69) is 30.7 Å². The van der Waals surface area contributed by atoms with E-state index in [0.29, 0.717) is 22.7 Å². The fraction of sp³-hybridized carbons (Fsp3) is 0.387. The van der Waals surface area contributed by atoms with E-state index < -0.39 is 17.9 Å². The third-order valence-electron chi connectivity index (χ3n) is 7.41. The molecular weight excluding hydrogens is 524 g/mol. The lowest BCUT2D eigenvalue weighted by Crippen LogP contribution is -2.52. The summed E-state index contributed by atoms with van der Waals surface area (Å²) in [6, 6.07) is 14.5. The molecule has 2 aromatic heterocycles. The number of carbonyl (C=O) groups excluding carboxylic acids is 1. The first-order valence-electron chi connectivity index (χ1n) is 13.5. The first-order chi connectivity index (χ1) is 19.0. The van der Waals surface area contributed by atoms with Gasteiger partial charge in [-0.3, -0.25) is 14.7 Å². The highest BCUT2D eigenvalue weighted by Gasteiger charge is 2.59. The molecule has 1 amide bonds. The van der Waals surface area contributed by atoms with Gasteiger partial charge in [-0.1, -0.05) is 58.9 Å². The van der Waals surface area contributed by atoms with Crippen LogP contribution in [0.15, 0.2) is 66.3 Å². The number of likely N-dealkylation sites (tertiary alicyclic amines) is 1. The number of hydrogen-bond donors (Lipinski definition) is 1. The highest BCUT2D eigenvalue weighted by Crippen LogP contribution is 2.55. The zero-order valence-electron chi connectivity index (χ0n) is 23.4. The van der Waals surface area contributed by atoms with Crippen LogP contribution in [-0.4, -0.2) is 42.7 Å². The maximum Gasteiger partial charge on any atom is 0.507 e. The summed E-state index contributed by atoms with van der Waals surface area (Å²) in [5.74, 6) is -0.658. The maximum atomic E-state index is 14.5. The van der Waals surface area contributed by atoms with Crippen LogP contribution in [0.25, 0.3) is 11.0 Å². The Morgan fingerprint density at radius 2 is 1.80 bits per heavy atom. The first-order valence-corrected chi connectivity index (χ1v) is 14.3. The molecule has 40 heavy (non-hydrogen) atoms. The van der Waals surface area contributed by atoms with Gasteiger partial charge in [-0.2, -0.15) is 0 Å². The summed E-state index contributed by atoms with van der Waals surface area (Å²) in [5.41, 5.74) is 2.22. The molecule has 208 valence electrons. The predicted molar refractivity (Wildman–Crippen MR) is 154 cm³/mol. The second-order valence-corrected chi connectivity index (χ2v) is 12.8. The minimum Gasteiger partial charge on any atom is -0.450 e. The smallest absolute Gasteiger partial charge is 0.450 e. The first kappa shape index (κ1) is 27.7. The fourth-order valence-electron chi connectivity index (χ4n) is 5.74. The molecule has 5 rings (SSSR count). The molecule has 0 aliphatic carbocycles. The Kier molecular flexibility index (Phi) is 7.35. The number of hydrogen-bond acceptors (Lipinski definition) is 7. The molecule has 1 N–H and O–H groups in total. The zero-order chi connectivity index (χ0) is 28.7. The van der Waals surface area contributed by atoms with E-state index in [1.807, 2.05) is 67.8 Å². The van der Waals surface area contributed by atoms with E-state index in [1.54, 1.807) is 17.3 Å². The van der Waals surface area contributed by atoms with Gasteiger partial charge in [0.1, 0.15) is 5.01 Å². The minimum absolute atomic E-state index is 0.0382. The normalized spacial score (nSPS) is 21.2. The Morgan fingerprint density at radius 1 is 1.10 bits per heavy atom. The van der Waals surface area contributed by atoms with Crippen molar-refractivity contribution in [3.63, 3.8) is 0 Å². The lowest BCUT2D eigenvalue weighted by Gasteiger charge is -2.40. The van der Waals surface area contributed by atoms with Gasteiger partial charge >= 0.3 is 6.16 Å². The lowest BCUT2D eigenvalue weighted by molar-refractivity contribution is -0.108. The number of nitrogens with zero attached hydrogens (tertiary/aromatic N) is 4. The molecule has 4 aromatic rings. The van der Waals surface area contributed by atoms with Crippen molar-refractivity contribution in [1.29, 1.82) is 0 Å². The molecule has 9 heteroatoms. The molecule has 0 unspecified atom stereocenters. The number of para-hydroxylation sites is 2. The van der Waals surface area contributed by atoms with Crippen molar-refractivity contribution >= 4 is 34.4 Å². The van der Waals surface area contributed by atoms with Gasteiger partial charge in [-0.25, -0.2) is 14.8 Å². The van der Waals surface area contributed by atoms with Gasteiger partial charge in [0, 0.05) is 42.1 Å². The summed E-state index contributed by atoms with van der Waals surface area (Å²) in [4.78, 5) is 42.5. The van der Waals surface area contributed by atoms with Gasteiger partial charge in [-0.05, 0) is 41.2 Å². The number of carboxylic acid groups (broad SMARTS) is 1. The fourth-order valence-corrected chi connectivity index (χ4v) is 6.54. The number of carbonyl (C=O) groups is 2. The van der Waals surface area contributed by atoms with Crippen LogP contribution in [0.2, 0.25) is 0 Å². The molecule has 1 saturated heterocycles. The Labute approximate surface area is 238 Å². The highest BCUT2D eigenvalue weighted by molar-refractivity contribution is 7.09. The number of aromatic nitrogens is 3. The minimum atomic E-state index is -1.43. The number of amides is 1. The average Bonchev–Trinajstić information content (AvgIpc) is 3.53. The third kappa shape index (κ3) is 5.30. The van der Waals surface area contributed by atoms with E-state index in [0.717, 1.165) is 16.6 Å². The van der Waals surface area contributed by atoms with Crippen molar-refractivity contribution in [2.24, 2.45) is 5.92 Å². The summed E-state index contributed by atoms with van der Waals surface area (Å²) >= 11 is 1.43. The SMILES string of the molecule is CC(C)C[C@]1(OC(=O)O)C[C@H](c2cnc3ccccc3n2)[C@H](c2nccs2)N1C(=O)c1ccc(C(C)(C)C)cc1. The van der Waals surface area contributed by atoms with Gasteiger partial charge in [-0.15, -0.1) is 11.3 Å². The Balaban J connectivity index is 1.69.